The molecule has 0 heterocycles. The number of hydrogen-bond acceptors (Lipinski definition) is 3. The van der Waals surface area contributed by atoms with Gasteiger partial charge in [0.1, 0.15) is 0 Å². The van der Waals surface area contributed by atoms with Crippen LogP contribution in [-0.4, -0.2) is 31.4 Å². The Morgan fingerprint density at radius 1 is 1.44 bits per heavy atom. The molecule has 4 heteroatoms. The second-order valence-electron chi connectivity index (χ2n) is 4.04. The number of nitrogens with one attached hydrogen (secondary N) is 1. The Morgan fingerprint density at radius 2 is 2.12 bits per heavy atom. The van der Waals surface area contributed by atoms with Gasteiger partial charge in [-0.1, -0.05) is 6.07 Å². The fraction of sp³-hybridized carbons (Fsp3) is 0.417. The summed E-state index contributed by atoms with van der Waals surface area (Å²) >= 11 is 0. The normalized spacial score (nSPS) is 9.94. The molecule has 0 aliphatic carbocycles. The lowest BCUT2D eigenvalue weighted by atomic mass is 10.2. The number of carbonyl (C=O) groups is 1. The van der Waals surface area contributed by atoms with Gasteiger partial charge in [-0.2, -0.15) is 0 Å². The predicted molar refractivity (Wildman–Crippen MR) is 67.4 cm³/mol. The maximum atomic E-state index is 11.3. The number of carbonyl (C=O) groups excluding carboxylic acids is 1. The largest absolute Gasteiger partial charge is 0.399 e. The van der Waals surface area contributed by atoms with Gasteiger partial charge in [-0.3, -0.25) is 4.79 Å². The minimum atomic E-state index is 0.119. The molecule has 16 heavy (non-hydrogen) atoms. The predicted octanol–water partition coefficient (Wildman–Crippen LogP) is 1.47. The molecule has 0 radical (unpaired) electrons. The van der Waals surface area contributed by atoms with Crippen LogP contribution in [0.2, 0.25) is 0 Å². The van der Waals surface area contributed by atoms with E-state index in [9.17, 15) is 4.79 Å². The van der Waals surface area contributed by atoms with Gasteiger partial charge in [0.25, 0.3) is 0 Å². The first kappa shape index (κ1) is 12.4. The summed E-state index contributed by atoms with van der Waals surface area (Å²) in [5, 5.41) is 3.21. The number of nitrogen functional groups attached to an aromatic ring is 1. The third kappa shape index (κ3) is 3.46. The molecular weight excluding hydrogens is 202 g/mol. The summed E-state index contributed by atoms with van der Waals surface area (Å²) in [4.78, 5) is 12.9. The molecule has 0 fully saturated rings. The van der Waals surface area contributed by atoms with E-state index in [1.54, 1.807) is 19.0 Å². The first-order chi connectivity index (χ1) is 7.50. The Morgan fingerprint density at radius 3 is 2.75 bits per heavy atom. The summed E-state index contributed by atoms with van der Waals surface area (Å²) in [5.74, 6) is 0.119. The lowest BCUT2D eigenvalue weighted by Gasteiger charge is -2.12. The number of amides is 1. The van der Waals surface area contributed by atoms with Crippen LogP contribution >= 0.6 is 0 Å². The van der Waals surface area contributed by atoms with Crippen LogP contribution in [0.4, 0.5) is 11.4 Å². The zero-order valence-electron chi connectivity index (χ0n) is 10.1. The van der Waals surface area contributed by atoms with Crippen molar-refractivity contribution in [2.24, 2.45) is 0 Å². The van der Waals surface area contributed by atoms with E-state index in [2.05, 4.69) is 5.32 Å². The highest BCUT2D eigenvalue weighted by molar-refractivity contribution is 5.76. The molecule has 4 nitrogen and oxygen atoms in total. The Labute approximate surface area is 96.4 Å². The number of hydrogen-bond donors (Lipinski definition) is 2. The average molecular weight is 221 g/mol. The number of benzene rings is 1. The van der Waals surface area contributed by atoms with Crippen LogP contribution in [0.3, 0.4) is 0 Å². The number of anilines is 2. The van der Waals surface area contributed by atoms with Crippen molar-refractivity contribution < 1.29 is 4.79 Å². The minimum Gasteiger partial charge on any atom is -0.399 e. The monoisotopic (exact) mass is 221 g/mol. The lowest BCUT2D eigenvalue weighted by Crippen LogP contribution is -2.24. The average Bonchev–Trinajstić information content (AvgIpc) is 2.22. The second-order valence-corrected chi connectivity index (χ2v) is 4.04. The van der Waals surface area contributed by atoms with Crippen molar-refractivity contribution in [1.82, 2.24) is 4.90 Å². The molecule has 0 saturated carbocycles. The summed E-state index contributed by atoms with van der Waals surface area (Å²) in [7, 11) is 3.52. The maximum absolute atomic E-state index is 11.3. The van der Waals surface area contributed by atoms with Crippen LogP contribution in [0.15, 0.2) is 18.2 Å². The van der Waals surface area contributed by atoms with Gasteiger partial charge < -0.3 is 16.0 Å². The summed E-state index contributed by atoms with van der Waals surface area (Å²) in [6, 6.07) is 5.71. The van der Waals surface area contributed by atoms with Gasteiger partial charge in [-0.05, 0) is 24.6 Å². The fourth-order valence-corrected chi connectivity index (χ4v) is 1.36. The van der Waals surface area contributed by atoms with E-state index in [1.165, 1.54) is 0 Å². The Kier molecular flexibility index (Phi) is 4.17. The van der Waals surface area contributed by atoms with Gasteiger partial charge in [0.15, 0.2) is 0 Å². The summed E-state index contributed by atoms with van der Waals surface area (Å²) in [6.45, 7) is 2.64. The molecule has 0 bridgehead atoms. The van der Waals surface area contributed by atoms with E-state index in [4.69, 9.17) is 5.73 Å². The molecular formula is C12H19N3O. The first-order valence-corrected chi connectivity index (χ1v) is 5.31. The van der Waals surface area contributed by atoms with E-state index in [-0.39, 0.29) is 5.91 Å². The molecule has 0 aromatic heterocycles. The summed E-state index contributed by atoms with van der Waals surface area (Å²) in [5.41, 5.74) is 8.54. The topological polar surface area (TPSA) is 58.4 Å². The second kappa shape index (κ2) is 5.39. The third-order valence-electron chi connectivity index (χ3n) is 2.41. The van der Waals surface area contributed by atoms with E-state index in [0.29, 0.717) is 13.0 Å². The van der Waals surface area contributed by atoms with Crippen molar-refractivity contribution in [3.8, 4) is 0 Å². The van der Waals surface area contributed by atoms with Gasteiger partial charge in [0.05, 0.1) is 0 Å². The SMILES string of the molecule is Cc1ccc(N)cc1NCCC(=O)N(C)C. The zero-order chi connectivity index (χ0) is 12.1. The molecule has 88 valence electrons. The number of nitrogens with two attached hydrogens (primary N) is 1. The van der Waals surface area contributed by atoms with Crippen molar-refractivity contribution in [2.45, 2.75) is 13.3 Å². The van der Waals surface area contributed by atoms with Crippen molar-refractivity contribution >= 4 is 17.3 Å². The highest BCUT2D eigenvalue weighted by Gasteiger charge is 2.04. The highest BCUT2D eigenvalue weighted by Crippen LogP contribution is 2.17. The highest BCUT2D eigenvalue weighted by atomic mass is 16.2. The van der Waals surface area contributed by atoms with Crippen LogP contribution < -0.4 is 11.1 Å². The van der Waals surface area contributed by atoms with Crippen LogP contribution in [-0.2, 0) is 4.79 Å². The zero-order valence-corrected chi connectivity index (χ0v) is 10.1. The molecule has 1 aromatic rings. The molecule has 1 amide bonds. The van der Waals surface area contributed by atoms with E-state index >= 15 is 0 Å². The van der Waals surface area contributed by atoms with Gasteiger partial charge in [-0.15, -0.1) is 0 Å². The maximum Gasteiger partial charge on any atom is 0.223 e. The van der Waals surface area contributed by atoms with Gasteiger partial charge in [0, 0.05) is 38.4 Å². The number of aryl methyl sites for hydroxylation is 1. The molecule has 0 atom stereocenters. The summed E-state index contributed by atoms with van der Waals surface area (Å²) in [6.07, 6.45) is 0.487. The molecule has 0 saturated heterocycles. The first-order valence-electron chi connectivity index (χ1n) is 5.31. The Bertz CT molecular complexity index is 375. The van der Waals surface area contributed by atoms with Crippen molar-refractivity contribution in [1.29, 1.82) is 0 Å². The lowest BCUT2D eigenvalue weighted by molar-refractivity contribution is -0.128. The standard InChI is InChI=1S/C12H19N3O/c1-9-4-5-10(13)8-11(9)14-7-6-12(16)15(2)3/h4-5,8,14H,6-7,13H2,1-3H3. The number of rotatable bonds is 4. The van der Waals surface area contributed by atoms with Gasteiger partial charge in [0.2, 0.25) is 5.91 Å². The molecule has 3 N–H and O–H groups in total. The van der Waals surface area contributed by atoms with E-state index < -0.39 is 0 Å². The molecule has 0 spiro atoms. The fourth-order valence-electron chi connectivity index (χ4n) is 1.36. The minimum absolute atomic E-state index is 0.119. The third-order valence-corrected chi connectivity index (χ3v) is 2.41. The van der Waals surface area contributed by atoms with Crippen LogP contribution in [0.1, 0.15) is 12.0 Å². The molecule has 0 aliphatic heterocycles. The molecule has 1 rings (SSSR count). The van der Waals surface area contributed by atoms with Crippen molar-refractivity contribution in [2.75, 3.05) is 31.7 Å². The van der Waals surface area contributed by atoms with E-state index in [1.807, 2.05) is 25.1 Å². The van der Waals surface area contributed by atoms with Crippen LogP contribution in [0.5, 0.6) is 0 Å². The van der Waals surface area contributed by atoms with Crippen LogP contribution in [0, 0.1) is 6.92 Å². The molecule has 1 aromatic carbocycles. The van der Waals surface area contributed by atoms with Crippen LogP contribution in [0.25, 0.3) is 0 Å². The Hall–Kier alpha value is -1.71. The Balaban J connectivity index is 2.49. The van der Waals surface area contributed by atoms with Gasteiger partial charge in [-0.25, -0.2) is 0 Å². The summed E-state index contributed by atoms with van der Waals surface area (Å²) < 4.78 is 0. The molecule has 0 unspecified atom stereocenters. The smallest absolute Gasteiger partial charge is 0.223 e. The van der Waals surface area contributed by atoms with E-state index in [0.717, 1.165) is 16.9 Å². The molecule has 0 aliphatic rings. The quantitative estimate of drug-likeness (QED) is 0.757. The van der Waals surface area contributed by atoms with Gasteiger partial charge >= 0.3 is 0 Å². The van der Waals surface area contributed by atoms with Crippen molar-refractivity contribution in [3.63, 3.8) is 0 Å². The van der Waals surface area contributed by atoms with Crippen molar-refractivity contribution in [3.05, 3.63) is 23.8 Å². The number of nitrogens with zero attached hydrogens (tertiary/aromatic N) is 1.